The van der Waals surface area contributed by atoms with E-state index in [0.717, 1.165) is 0 Å². The fourth-order valence-corrected chi connectivity index (χ4v) is 1.60. The van der Waals surface area contributed by atoms with Crippen LogP contribution in [0.2, 0.25) is 0 Å². The third kappa shape index (κ3) is 6.79. The van der Waals surface area contributed by atoms with Crippen LogP contribution in [0.5, 0.6) is 0 Å². The average Bonchev–Trinajstić information content (AvgIpc) is 2.04. The number of alkyl halides is 1. The summed E-state index contributed by atoms with van der Waals surface area (Å²) >= 11 is 3.16. The average molecular weight is 256 g/mol. The molecule has 5 heteroatoms. The van der Waals surface area contributed by atoms with E-state index in [1.54, 1.807) is 0 Å². The number of carbonyl (C=O) groups excluding carboxylic acids is 1. The third-order valence-electron chi connectivity index (χ3n) is 1.30. The van der Waals surface area contributed by atoms with Crippen molar-refractivity contribution in [2.45, 2.75) is 13.3 Å². The number of halogens is 1. The summed E-state index contributed by atoms with van der Waals surface area (Å²) < 4.78 is 10.9. The van der Waals surface area contributed by atoms with E-state index in [1.165, 1.54) is 0 Å². The van der Waals surface area contributed by atoms with Gasteiger partial charge in [-0.25, -0.2) is 0 Å². The quantitative estimate of drug-likeness (QED) is 0.709. The molecule has 0 aliphatic carbocycles. The first-order valence-electron chi connectivity index (χ1n) is 3.88. The van der Waals surface area contributed by atoms with Gasteiger partial charge in [0.25, 0.3) is 0 Å². The van der Waals surface area contributed by atoms with Gasteiger partial charge in [-0.1, -0.05) is 22.9 Å². The minimum absolute atomic E-state index is 0.0139. The van der Waals surface area contributed by atoms with Crippen LogP contribution in [0.25, 0.3) is 0 Å². The number of amides is 1. The second-order valence-corrected chi connectivity index (χ2v) is 4.88. The van der Waals surface area contributed by atoms with Gasteiger partial charge in [0.1, 0.15) is 0 Å². The molecule has 0 aliphatic rings. The topological polar surface area (TPSA) is 46.2 Å². The molecule has 1 amide bonds. The van der Waals surface area contributed by atoms with Gasteiger partial charge in [0.2, 0.25) is 5.91 Å². The van der Waals surface area contributed by atoms with Crippen molar-refractivity contribution < 1.29 is 9.00 Å². The minimum atomic E-state index is -0.774. The molecule has 0 saturated heterocycles. The Morgan fingerprint density at radius 3 is 2.75 bits per heavy atom. The van der Waals surface area contributed by atoms with Gasteiger partial charge in [-0.15, -0.1) is 0 Å². The Morgan fingerprint density at radius 2 is 2.25 bits per heavy atom. The molecule has 3 nitrogen and oxygen atoms in total. The molecule has 0 aromatic carbocycles. The third-order valence-corrected chi connectivity index (χ3v) is 3.00. The fourth-order valence-electron chi connectivity index (χ4n) is 0.623. The minimum Gasteiger partial charge on any atom is -0.355 e. The number of hydrogen-bond acceptors (Lipinski definition) is 2. The largest absolute Gasteiger partial charge is 0.355 e. The Morgan fingerprint density at radius 1 is 1.58 bits per heavy atom. The molecule has 0 aliphatic heterocycles. The molecular weight excluding hydrogens is 242 g/mol. The highest BCUT2D eigenvalue weighted by atomic mass is 79.9. The maximum Gasteiger partial charge on any atom is 0.220 e. The van der Waals surface area contributed by atoms with Gasteiger partial charge in [0, 0.05) is 40.6 Å². The monoisotopic (exact) mass is 255 g/mol. The van der Waals surface area contributed by atoms with E-state index in [1.807, 2.05) is 6.92 Å². The maximum atomic E-state index is 10.9. The van der Waals surface area contributed by atoms with Crippen LogP contribution in [0.4, 0.5) is 0 Å². The summed E-state index contributed by atoms with van der Waals surface area (Å²) in [6.45, 7) is 2.39. The zero-order chi connectivity index (χ0) is 9.40. The SMILES string of the molecule is CCS(=O)CCNC(=O)CCBr. The molecule has 12 heavy (non-hydrogen) atoms. The van der Waals surface area contributed by atoms with Crippen molar-refractivity contribution in [3.63, 3.8) is 0 Å². The van der Waals surface area contributed by atoms with Gasteiger partial charge in [-0.3, -0.25) is 9.00 Å². The smallest absolute Gasteiger partial charge is 0.220 e. The molecule has 0 fully saturated rings. The van der Waals surface area contributed by atoms with Crippen molar-refractivity contribution in [2.75, 3.05) is 23.4 Å². The number of carbonyl (C=O) groups is 1. The Bertz CT molecular complexity index is 163. The summed E-state index contributed by atoms with van der Waals surface area (Å²) in [5.41, 5.74) is 0. The van der Waals surface area contributed by atoms with Crippen LogP contribution >= 0.6 is 15.9 Å². The zero-order valence-corrected chi connectivity index (χ0v) is 9.54. The fraction of sp³-hybridized carbons (Fsp3) is 0.857. The van der Waals surface area contributed by atoms with Crippen molar-refractivity contribution >= 4 is 32.6 Å². The standard InChI is InChI=1S/C7H14BrNO2S/c1-2-12(11)6-5-9-7(10)3-4-8/h2-6H2,1H3,(H,9,10). The molecule has 0 aromatic rings. The van der Waals surface area contributed by atoms with Crippen LogP contribution in [0, 0.1) is 0 Å². The molecule has 1 unspecified atom stereocenters. The Kier molecular flexibility index (Phi) is 7.80. The number of hydrogen-bond donors (Lipinski definition) is 1. The molecule has 1 atom stereocenters. The van der Waals surface area contributed by atoms with E-state index in [4.69, 9.17) is 0 Å². The van der Waals surface area contributed by atoms with Gasteiger partial charge in [-0.2, -0.15) is 0 Å². The van der Waals surface area contributed by atoms with Gasteiger partial charge >= 0.3 is 0 Å². The van der Waals surface area contributed by atoms with Crippen molar-refractivity contribution in [1.82, 2.24) is 5.32 Å². The van der Waals surface area contributed by atoms with Gasteiger partial charge < -0.3 is 5.32 Å². The molecular formula is C7H14BrNO2S. The molecule has 1 N–H and O–H groups in total. The molecule has 0 saturated carbocycles. The van der Waals surface area contributed by atoms with Gasteiger partial charge in [0.05, 0.1) is 0 Å². The van der Waals surface area contributed by atoms with E-state index in [2.05, 4.69) is 21.2 Å². The second kappa shape index (κ2) is 7.73. The van der Waals surface area contributed by atoms with Crippen LogP contribution in [-0.2, 0) is 15.6 Å². The normalized spacial score (nSPS) is 12.5. The predicted octanol–water partition coefficient (Wildman–Crippen LogP) is 0.656. The molecule has 0 spiro atoms. The lowest BCUT2D eigenvalue weighted by Gasteiger charge is -2.02. The van der Waals surface area contributed by atoms with Crippen LogP contribution in [-0.4, -0.2) is 33.5 Å². The highest BCUT2D eigenvalue weighted by Gasteiger charge is 1.99. The molecule has 0 radical (unpaired) electrons. The lowest BCUT2D eigenvalue weighted by atomic mass is 10.4. The molecule has 0 heterocycles. The molecule has 0 rings (SSSR count). The summed E-state index contributed by atoms with van der Waals surface area (Å²) in [6, 6.07) is 0. The van der Waals surface area contributed by atoms with Gasteiger partial charge in [0.15, 0.2) is 0 Å². The molecule has 72 valence electrons. The summed E-state index contributed by atoms with van der Waals surface area (Å²) in [5, 5.41) is 3.36. The van der Waals surface area contributed by atoms with E-state index in [9.17, 15) is 9.00 Å². The van der Waals surface area contributed by atoms with Gasteiger partial charge in [-0.05, 0) is 0 Å². The lowest BCUT2D eigenvalue weighted by Crippen LogP contribution is -2.27. The Labute approximate surface area is 83.9 Å². The number of nitrogens with one attached hydrogen (secondary N) is 1. The summed E-state index contributed by atoms with van der Waals surface area (Å²) in [4.78, 5) is 10.9. The van der Waals surface area contributed by atoms with Crippen LogP contribution in [0.3, 0.4) is 0 Å². The van der Waals surface area contributed by atoms with Crippen molar-refractivity contribution in [3.8, 4) is 0 Å². The Balaban J connectivity index is 3.30. The summed E-state index contributed by atoms with van der Waals surface area (Å²) in [7, 11) is -0.774. The highest BCUT2D eigenvalue weighted by molar-refractivity contribution is 9.09. The maximum absolute atomic E-state index is 10.9. The first-order chi connectivity index (χ1) is 5.70. The predicted molar refractivity (Wildman–Crippen MR) is 55.0 cm³/mol. The summed E-state index contributed by atoms with van der Waals surface area (Å²) in [5.74, 6) is 1.23. The zero-order valence-electron chi connectivity index (χ0n) is 7.14. The van der Waals surface area contributed by atoms with E-state index in [0.29, 0.717) is 29.8 Å². The van der Waals surface area contributed by atoms with Crippen LogP contribution < -0.4 is 5.32 Å². The van der Waals surface area contributed by atoms with E-state index >= 15 is 0 Å². The highest BCUT2D eigenvalue weighted by Crippen LogP contribution is 1.86. The van der Waals surface area contributed by atoms with E-state index in [-0.39, 0.29) is 5.91 Å². The molecule has 0 bridgehead atoms. The van der Waals surface area contributed by atoms with Crippen LogP contribution in [0.15, 0.2) is 0 Å². The number of rotatable bonds is 6. The first kappa shape index (κ1) is 12.1. The second-order valence-electron chi connectivity index (χ2n) is 2.22. The van der Waals surface area contributed by atoms with Crippen molar-refractivity contribution in [3.05, 3.63) is 0 Å². The lowest BCUT2D eigenvalue weighted by molar-refractivity contribution is -0.120. The van der Waals surface area contributed by atoms with Crippen molar-refractivity contribution in [1.29, 1.82) is 0 Å². The van der Waals surface area contributed by atoms with Crippen molar-refractivity contribution in [2.24, 2.45) is 0 Å². The van der Waals surface area contributed by atoms with E-state index < -0.39 is 10.8 Å². The summed E-state index contributed by atoms with van der Waals surface area (Å²) in [6.07, 6.45) is 0.485. The van der Waals surface area contributed by atoms with Crippen LogP contribution in [0.1, 0.15) is 13.3 Å². The molecule has 0 aromatic heterocycles. The Hall–Kier alpha value is 0.1000. The first-order valence-corrected chi connectivity index (χ1v) is 6.49.